The Morgan fingerprint density at radius 2 is 1.87 bits per heavy atom. The van der Waals surface area contributed by atoms with Gasteiger partial charge in [-0.15, -0.1) is 0 Å². The van der Waals surface area contributed by atoms with E-state index >= 15 is 0 Å². The van der Waals surface area contributed by atoms with Crippen molar-refractivity contribution in [1.29, 1.82) is 0 Å². The Balaban J connectivity index is 0.000000446. The minimum absolute atomic E-state index is 0.515. The number of aromatic nitrogens is 2. The van der Waals surface area contributed by atoms with Crippen molar-refractivity contribution >= 4 is 23.0 Å². The monoisotopic (exact) mass is 338 g/mol. The van der Waals surface area contributed by atoms with Gasteiger partial charge in [0.25, 0.3) is 0 Å². The van der Waals surface area contributed by atoms with Gasteiger partial charge in [0.1, 0.15) is 5.60 Å². The third kappa shape index (κ3) is 8.01. The molecule has 0 radical (unpaired) electrons. The maximum Gasteiger partial charge on any atom is 0.404 e. The number of hydrogen-bond donors (Lipinski definition) is 1. The molecule has 7 heteroatoms. The van der Waals surface area contributed by atoms with Gasteiger partial charge < -0.3 is 14.5 Å². The zero-order chi connectivity index (χ0) is 17.3. The van der Waals surface area contributed by atoms with Crippen LogP contribution in [0.2, 0.25) is 0 Å². The van der Waals surface area contributed by atoms with Gasteiger partial charge >= 0.3 is 11.4 Å². The Hall–Kier alpha value is -2.34. The summed E-state index contributed by atoms with van der Waals surface area (Å²) in [5, 5.41) is 0. The molecule has 0 bridgehead atoms. The molecule has 23 heavy (non-hydrogen) atoms. The van der Waals surface area contributed by atoms with Crippen molar-refractivity contribution in [3.8, 4) is 0 Å². The van der Waals surface area contributed by atoms with Gasteiger partial charge in [-0.3, -0.25) is 0 Å². The first-order valence-electron chi connectivity index (χ1n) is 6.86. The number of imidazole rings is 1. The molecule has 6 nitrogen and oxygen atoms in total. The molecule has 1 aromatic heterocycles. The van der Waals surface area contributed by atoms with Crippen molar-refractivity contribution in [2.45, 2.75) is 32.5 Å². The molecule has 1 aromatic carbocycles. The molecule has 124 valence electrons. The maximum atomic E-state index is 11.9. The van der Waals surface area contributed by atoms with Crippen LogP contribution in [0.4, 0.5) is 4.79 Å². The molecule has 1 heterocycles. The molecule has 0 saturated heterocycles. The molecular weight excluding hydrogens is 320 g/mol. The Bertz CT molecular complexity index is 577. The number of rotatable bonds is 3. The van der Waals surface area contributed by atoms with Gasteiger partial charge in [0.05, 0.1) is 6.33 Å². The number of nitrogens with one attached hydrogen (secondary N) is 1. The number of aromatic amines is 1. The second kappa shape index (κ2) is 8.95. The first-order chi connectivity index (χ1) is 10.8. The van der Waals surface area contributed by atoms with E-state index in [2.05, 4.69) is 9.97 Å². The molecule has 1 N–H and O–H groups in total. The first kappa shape index (κ1) is 18.7. The predicted molar refractivity (Wildman–Crippen MR) is 85.9 cm³/mol. The minimum atomic E-state index is -1.14. The highest BCUT2D eigenvalue weighted by molar-refractivity contribution is 6.61. The highest BCUT2D eigenvalue weighted by Crippen LogP contribution is 2.22. The van der Waals surface area contributed by atoms with Crippen LogP contribution in [-0.2, 0) is 14.3 Å². The average Bonchev–Trinajstić information content (AvgIpc) is 3.03. The molecule has 1 atom stereocenters. The van der Waals surface area contributed by atoms with Gasteiger partial charge in [-0.25, -0.2) is 14.6 Å². The number of benzene rings is 1. The van der Waals surface area contributed by atoms with Gasteiger partial charge in [0.2, 0.25) is 6.10 Å². The number of hydrogen-bond acceptors (Lipinski definition) is 5. The lowest BCUT2D eigenvalue weighted by atomic mass is 10.1. The molecule has 0 amide bonds. The van der Waals surface area contributed by atoms with E-state index in [-0.39, 0.29) is 0 Å². The lowest BCUT2D eigenvalue weighted by Gasteiger charge is -2.23. The number of carbonyl (C=O) groups is 2. The highest BCUT2D eigenvalue weighted by Gasteiger charge is 2.29. The summed E-state index contributed by atoms with van der Waals surface area (Å²) in [6.45, 7) is 5.19. The quantitative estimate of drug-likeness (QED) is 0.679. The van der Waals surface area contributed by atoms with E-state index in [9.17, 15) is 9.59 Å². The Morgan fingerprint density at radius 1 is 1.22 bits per heavy atom. The van der Waals surface area contributed by atoms with Gasteiger partial charge in [-0.2, -0.15) is 0 Å². The van der Waals surface area contributed by atoms with Gasteiger partial charge in [0.15, 0.2) is 0 Å². The van der Waals surface area contributed by atoms with E-state index in [1.54, 1.807) is 69.8 Å². The summed E-state index contributed by atoms with van der Waals surface area (Å²) in [6, 6.07) is 8.57. The lowest BCUT2D eigenvalue weighted by Crippen LogP contribution is -2.29. The number of esters is 1. The SMILES string of the molecule is CC(C)(C)OC(=O)C(OC(=O)Cl)c1ccccc1.c1c[nH]cn1. The van der Waals surface area contributed by atoms with Crippen LogP contribution >= 0.6 is 11.6 Å². The average molecular weight is 339 g/mol. The number of H-pyrrole nitrogens is 1. The van der Waals surface area contributed by atoms with E-state index in [1.807, 2.05) is 0 Å². The standard InChI is InChI=1S/C13H15ClO4.C3H4N2/c1-13(2,3)18-11(15)10(17-12(14)16)9-7-5-4-6-8-9;1-2-5-3-4-1/h4-8,10H,1-3H3;1-3H,(H,4,5). The third-order valence-electron chi connectivity index (χ3n) is 2.34. The largest absolute Gasteiger partial charge is 0.457 e. The topological polar surface area (TPSA) is 81.3 Å². The van der Waals surface area contributed by atoms with Crippen molar-refractivity contribution in [1.82, 2.24) is 9.97 Å². The first-order valence-corrected chi connectivity index (χ1v) is 7.24. The van der Waals surface area contributed by atoms with Crippen LogP contribution in [0, 0.1) is 0 Å². The number of halogens is 1. The molecule has 0 aliphatic rings. The molecule has 2 rings (SSSR count). The Morgan fingerprint density at radius 3 is 2.26 bits per heavy atom. The summed E-state index contributed by atoms with van der Waals surface area (Å²) in [7, 11) is 0. The van der Waals surface area contributed by atoms with E-state index in [4.69, 9.17) is 21.1 Å². The van der Waals surface area contributed by atoms with Gasteiger partial charge in [0, 0.05) is 29.6 Å². The molecule has 2 aromatic rings. The van der Waals surface area contributed by atoms with Crippen LogP contribution in [0.15, 0.2) is 49.1 Å². The second-order valence-electron chi connectivity index (χ2n) is 5.44. The van der Waals surface area contributed by atoms with Crippen molar-refractivity contribution in [2.24, 2.45) is 0 Å². The molecule has 0 aliphatic heterocycles. The third-order valence-corrected chi connectivity index (χ3v) is 2.43. The number of nitrogens with zero attached hydrogens (tertiary/aromatic N) is 1. The van der Waals surface area contributed by atoms with Crippen molar-refractivity contribution in [3.05, 3.63) is 54.6 Å². The van der Waals surface area contributed by atoms with E-state index in [0.717, 1.165) is 0 Å². The smallest absolute Gasteiger partial charge is 0.404 e. The fourth-order valence-corrected chi connectivity index (χ4v) is 1.63. The Labute approximate surface area is 139 Å². The minimum Gasteiger partial charge on any atom is -0.457 e. The molecule has 0 fully saturated rings. The molecule has 0 saturated carbocycles. The summed E-state index contributed by atoms with van der Waals surface area (Å²) >= 11 is 5.17. The Kier molecular flexibility index (Phi) is 7.28. The predicted octanol–water partition coefficient (Wildman–Crippen LogP) is 3.85. The van der Waals surface area contributed by atoms with Crippen LogP contribution in [0.1, 0.15) is 32.4 Å². The number of ether oxygens (including phenoxy) is 2. The lowest BCUT2D eigenvalue weighted by molar-refractivity contribution is -0.165. The molecule has 0 spiro atoms. The second-order valence-corrected chi connectivity index (χ2v) is 5.75. The fourth-order valence-electron chi connectivity index (χ4n) is 1.54. The zero-order valence-electron chi connectivity index (χ0n) is 13.2. The van der Waals surface area contributed by atoms with Gasteiger partial charge in [-0.05, 0) is 20.8 Å². The van der Waals surface area contributed by atoms with Crippen molar-refractivity contribution in [3.63, 3.8) is 0 Å². The summed E-state index contributed by atoms with van der Waals surface area (Å²) < 4.78 is 9.98. The van der Waals surface area contributed by atoms with Crippen LogP contribution in [0.3, 0.4) is 0 Å². The summed E-state index contributed by atoms with van der Waals surface area (Å²) in [4.78, 5) is 29.2. The fraction of sp³-hybridized carbons (Fsp3) is 0.312. The molecule has 1 unspecified atom stereocenters. The zero-order valence-corrected chi connectivity index (χ0v) is 13.9. The number of carbonyl (C=O) groups excluding carboxylic acids is 2. The summed E-state index contributed by atoms with van der Waals surface area (Å²) in [5.74, 6) is -0.650. The normalized spacial score (nSPS) is 11.7. The van der Waals surface area contributed by atoms with Crippen molar-refractivity contribution in [2.75, 3.05) is 0 Å². The van der Waals surface area contributed by atoms with Crippen LogP contribution in [-0.4, -0.2) is 27.0 Å². The summed E-state index contributed by atoms with van der Waals surface area (Å²) in [5.41, 5.74) is -1.20. The molecular formula is C16H19ClN2O4. The van der Waals surface area contributed by atoms with Crippen LogP contribution in [0.25, 0.3) is 0 Å². The molecule has 0 aliphatic carbocycles. The summed E-state index contributed by atoms with van der Waals surface area (Å²) in [6.07, 6.45) is 3.94. The van der Waals surface area contributed by atoms with Gasteiger partial charge in [-0.1, -0.05) is 30.3 Å². The van der Waals surface area contributed by atoms with E-state index in [0.29, 0.717) is 5.56 Å². The highest BCUT2D eigenvalue weighted by atomic mass is 35.5. The maximum absolute atomic E-state index is 11.9. The van der Waals surface area contributed by atoms with Crippen LogP contribution < -0.4 is 0 Å². The van der Waals surface area contributed by atoms with Crippen molar-refractivity contribution < 1.29 is 19.1 Å². The van der Waals surface area contributed by atoms with E-state index in [1.165, 1.54) is 0 Å². The van der Waals surface area contributed by atoms with E-state index < -0.39 is 23.1 Å². The van der Waals surface area contributed by atoms with Crippen LogP contribution in [0.5, 0.6) is 0 Å².